The van der Waals surface area contributed by atoms with E-state index in [9.17, 15) is 19.7 Å². The summed E-state index contributed by atoms with van der Waals surface area (Å²) >= 11 is 0. The molecule has 21 heavy (non-hydrogen) atoms. The van der Waals surface area contributed by atoms with Crippen molar-refractivity contribution in [2.75, 3.05) is 0 Å². The minimum Gasteiger partial charge on any atom is -0.386 e. The summed E-state index contributed by atoms with van der Waals surface area (Å²) in [5, 5.41) is 11.0. The number of nitro groups is 1. The van der Waals surface area contributed by atoms with E-state index < -0.39 is 28.0 Å². The molecule has 1 aromatic carbocycles. The molecule has 1 aromatic rings. The van der Waals surface area contributed by atoms with Crippen molar-refractivity contribution in [3.8, 4) is 0 Å². The van der Waals surface area contributed by atoms with Gasteiger partial charge in [0.2, 0.25) is 0 Å². The third kappa shape index (κ3) is 3.75. The number of nitro benzene ring substituents is 1. The van der Waals surface area contributed by atoms with Gasteiger partial charge in [-0.15, -0.1) is 0 Å². The zero-order chi connectivity index (χ0) is 16.4. The normalized spacial score (nSPS) is 10.9. The molecule has 6 nitrogen and oxygen atoms in total. The van der Waals surface area contributed by atoms with Crippen molar-refractivity contribution in [2.24, 2.45) is 5.41 Å². The molecule has 0 fully saturated rings. The van der Waals surface area contributed by atoms with Crippen LogP contribution in [0, 0.1) is 22.5 Å². The highest BCUT2D eigenvalue weighted by Crippen LogP contribution is 2.26. The van der Waals surface area contributed by atoms with Gasteiger partial charge in [-0.3, -0.25) is 10.1 Å². The number of esters is 2. The lowest BCUT2D eigenvalue weighted by molar-refractivity contribution is -0.385. The van der Waals surface area contributed by atoms with Crippen LogP contribution in [0.1, 0.15) is 36.7 Å². The van der Waals surface area contributed by atoms with Gasteiger partial charge < -0.3 is 4.74 Å². The third-order valence-electron chi connectivity index (χ3n) is 2.99. The maximum Gasteiger partial charge on any atom is 0.353 e. The van der Waals surface area contributed by atoms with E-state index in [1.807, 2.05) is 0 Å². The molecule has 0 saturated heterocycles. The number of rotatable bonds is 3. The first-order chi connectivity index (χ1) is 9.55. The van der Waals surface area contributed by atoms with Crippen LogP contribution >= 0.6 is 0 Å². The van der Waals surface area contributed by atoms with Crippen LogP contribution in [0.5, 0.6) is 0 Å². The largest absolute Gasteiger partial charge is 0.386 e. The SMILES string of the molecule is C=C(C(=O)OC(=O)c1c(C)cccc1[N+](=O)[O-])C(C)(C)C. The maximum atomic E-state index is 12.0. The van der Waals surface area contributed by atoms with Crippen molar-refractivity contribution in [1.29, 1.82) is 0 Å². The summed E-state index contributed by atoms with van der Waals surface area (Å²) in [6.07, 6.45) is 0. The Balaban J connectivity index is 3.09. The van der Waals surface area contributed by atoms with Crippen molar-refractivity contribution in [3.63, 3.8) is 0 Å². The molecular weight excluding hydrogens is 274 g/mol. The van der Waals surface area contributed by atoms with Gasteiger partial charge in [0, 0.05) is 11.6 Å². The number of nitrogens with zero attached hydrogens (tertiary/aromatic N) is 1. The Kier molecular flexibility index (Phi) is 4.62. The molecule has 0 radical (unpaired) electrons. The van der Waals surface area contributed by atoms with Crippen LogP contribution in [0.2, 0.25) is 0 Å². The second-order valence-electron chi connectivity index (χ2n) is 5.63. The molecule has 0 heterocycles. The molecule has 0 N–H and O–H groups in total. The number of ether oxygens (including phenoxy) is 1. The van der Waals surface area contributed by atoms with Crippen molar-refractivity contribution in [2.45, 2.75) is 27.7 Å². The average molecular weight is 291 g/mol. The van der Waals surface area contributed by atoms with E-state index in [0.29, 0.717) is 5.56 Å². The Labute approximate surface area is 122 Å². The summed E-state index contributed by atoms with van der Waals surface area (Å²) in [6, 6.07) is 4.18. The van der Waals surface area contributed by atoms with E-state index in [1.54, 1.807) is 20.8 Å². The average Bonchev–Trinajstić information content (AvgIpc) is 2.35. The fourth-order valence-corrected chi connectivity index (χ4v) is 1.57. The van der Waals surface area contributed by atoms with Crippen molar-refractivity contribution in [1.82, 2.24) is 0 Å². The van der Waals surface area contributed by atoms with E-state index in [0.717, 1.165) is 0 Å². The minimum atomic E-state index is -1.05. The quantitative estimate of drug-likeness (QED) is 0.280. The van der Waals surface area contributed by atoms with Crippen LogP contribution in [-0.4, -0.2) is 16.9 Å². The van der Waals surface area contributed by atoms with Crippen LogP contribution < -0.4 is 0 Å². The molecule has 0 saturated carbocycles. The molecule has 0 aliphatic carbocycles. The molecule has 0 atom stereocenters. The van der Waals surface area contributed by atoms with Gasteiger partial charge in [-0.2, -0.15) is 0 Å². The Morgan fingerprint density at radius 2 is 1.86 bits per heavy atom. The van der Waals surface area contributed by atoms with Crippen LogP contribution in [0.25, 0.3) is 0 Å². The summed E-state index contributed by atoms with van der Waals surface area (Å²) < 4.78 is 4.71. The molecule has 6 heteroatoms. The van der Waals surface area contributed by atoms with Crippen molar-refractivity contribution >= 4 is 17.6 Å². The van der Waals surface area contributed by atoms with E-state index in [2.05, 4.69) is 6.58 Å². The van der Waals surface area contributed by atoms with E-state index in [4.69, 9.17) is 4.74 Å². The number of hydrogen-bond acceptors (Lipinski definition) is 5. The molecule has 0 amide bonds. The molecule has 1 rings (SSSR count). The van der Waals surface area contributed by atoms with Crippen LogP contribution in [0.15, 0.2) is 30.4 Å². The number of carbonyl (C=O) groups excluding carboxylic acids is 2. The first-order valence-electron chi connectivity index (χ1n) is 6.25. The monoisotopic (exact) mass is 291 g/mol. The fraction of sp³-hybridized carbons (Fsp3) is 0.333. The molecule has 0 unspecified atom stereocenters. The van der Waals surface area contributed by atoms with Gasteiger partial charge in [0.1, 0.15) is 5.56 Å². The molecule has 0 aliphatic heterocycles. The predicted octanol–water partition coefficient (Wildman–Crippen LogP) is 3.19. The van der Waals surface area contributed by atoms with Gasteiger partial charge in [-0.05, 0) is 17.9 Å². The van der Waals surface area contributed by atoms with E-state index >= 15 is 0 Å². The van der Waals surface area contributed by atoms with Crippen LogP contribution in [0.3, 0.4) is 0 Å². The lowest BCUT2D eigenvalue weighted by Gasteiger charge is -2.19. The van der Waals surface area contributed by atoms with Gasteiger partial charge in [0.25, 0.3) is 5.69 Å². The Morgan fingerprint density at radius 3 is 2.33 bits per heavy atom. The Morgan fingerprint density at radius 1 is 1.29 bits per heavy atom. The highest BCUT2D eigenvalue weighted by Gasteiger charge is 2.29. The fourth-order valence-electron chi connectivity index (χ4n) is 1.57. The number of benzene rings is 1. The minimum absolute atomic E-state index is 0.118. The molecular formula is C15H17NO5. The number of aryl methyl sites for hydroxylation is 1. The van der Waals surface area contributed by atoms with E-state index in [1.165, 1.54) is 25.1 Å². The molecule has 0 aromatic heterocycles. The Bertz CT molecular complexity index is 625. The number of hydrogen-bond donors (Lipinski definition) is 0. The zero-order valence-electron chi connectivity index (χ0n) is 12.4. The molecule has 0 aliphatic rings. The standard InChI is InChI=1S/C15H17NO5/c1-9-7-6-8-11(16(19)20)12(9)14(18)21-13(17)10(2)15(3,4)5/h6-8H,2H2,1,3-5H3. The first-order valence-corrected chi connectivity index (χ1v) is 6.25. The van der Waals surface area contributed by atoms with Crippen LogP contribution in [0.4, 0.5) is 5.69 Å². The van der Waals surface area contributed by atoms with Gasteiger partial charge >= 0.3 is 11.9 Å². The second-order valence-corrected chi connectivity index (χ2v) is 5.63. The van der Waals surface area contributed by atoms with Gasteiger partial charge in [0.05, 0.1) is 4.92 Å². The highest BCUT2D eigenvalue weighted by atomic mass is 16.6. The highest BCUT2D eigenvalue weighted by molar-refractivity contribution is 6.05. The summed E-state index contributed by atoms with van der Waals surface area (Å²) in [4.78, 5) is 34.2. The lowest BCUT2D eigenvalue weighted by atomic mass is 9.88. The maximum absolute atomic E-state index is 12.0. The van der Waals surface area contributed by atoms with Gasteiger partial charge in [-0.25, -0.2) is 9.59 Å². The lowest BCUT2D eigenvalue weighted by Crippen LogP contribution is -2.22. The van der Waals surface area contributed by atoms with Crippen molar-refractivity contribution < 1.29 is 19.2 Å². The molecule has 0 spiro atoms. The molecule has 112 valence electrons. The van der Waals surface area contributed by atoms with Gasteiger partial charge in [-0.1, -0.05) is 39.5 Å². The summed E-state index contributed by atoms with van der Waals surface area (Å²) in [6.45, 7) is 10.4. The van der Waals surface area contributed by atoms with Crippen molar-refractivity contribution in [3.05, 3.63) is 51.6 Å². The molecule has 0 bridgehead atoms. The van der Waals surface area contributed by atoms with Crippen LogP contribution in [-0.2, 0) is 9.53 Å². The van der Waals surface area contributed by atoms with E-state index in [-0.39, 0.29) is 11.1 Å². The topological polar surface area (TPSA) is 86.5 Å². The summed E-state index contributed by atoms with van der Waals surface area (Å²) in [5.74, 6) is -1.93. The first kappa shape index (κ1) is 16.6. The predicted molar refractivity (Wildman–Crippen MR) is 76.9 cm³/mol. The third-order valence-corrected chi connectivity index (χ3v) is 2.99. The smallest absolute Gasteiger partial charge is 0.353 e. The summed E-state index contributed by atoms with van der Waals surface area (Å²) in [5.41, 5.74) is -0.697. The number of carbonyl (C=O) groups is 2. The second kappa shape index (κ2) is 5.87. The summed E-state index contributed by atoms with van der Waals surface area (Å²) in [7, 11) is 0. The Hall–Kier alpha value is -2.50. The zero-order valence-corrected chi connectivity index (χ0v) is 12.4. The van der Waals surface area contributed by atoms with Gasteiger partial charge in [0.15, 0.2) is 0 Å².